The zero-order valence-electron chi connectivity index (χ0n) is 9.77. The molecule has 0 saturated carbocycles. The summed E-state index contributed by atoms with van der Waals surface area (Å²) in [5.74, 6) is 0.0914. The van der Waals surface area contributed by atoms with Gasteiger partial charge in [0.25, 0.3) is 0 Å². The molecule has 0 fully saturated rings. The Morgan fingerprint density at radius 2 is 2.11 bits per heavy atom. The predicted molar refractivity (Wildman–Crippen MR) is 75.6 cm³/mol. The summed E-state index contributed by atoms with van der Waals surface area (Å²) in [4.78, 5) is 5.29. The summed E-state index contributed by atoms with van der Waals surface area (Å²) >= 11 is 7.34. The first kappa shape index (κ1) is 12.9. The Bertz CT molecular complexity index is 581. The lowest BCUT2D eigenvalue weighted by molar-refractivity contribution is 1.13. The van der Waals surface area contributed by atoms with Gasteiger partial charge in [-0.15, -0.1) is 0 Å². The molecular weight excluding hydrogens is 266 g/mol. The maximum atomic E-state index is 7.44. The first-order valence-electron chi connectivity index (χ1n) is 5.31. The molecule has 0 amide bonds. The van der Waals surface area contributed by atoms with Gasteiger partial charge in [0.1, 0.15) is 10.9 Å². The van der Waals surface area contributed by atoms with Crippen molar-refractivity contribution in [2.45, 2.75) is 16.8 Å². The molecule has 0 radical (unpaired) electrons. The summed E-state index contributed by atoms with van der Waals surface area (Å²) in [6.45, 7) is 1.94. The molecule has 0 aliphatic rings. The van der Waals surface area contributed by atoms with Crippen LogP contribution in [0.5, 0.6) is 0 Å². The molecule has 3 N–H and O–H groups in total. The van der Waals surface area contributed by atoms with Crippen molar-refractivity contribution in [2.75, 3.05) is 0 Å². The van der Waals surface area contributed by atoms with Crippen molar-refractivity contribution in [3.8, 4) is 0 Å². The number of benzene rings is 1. The molecule has 2 rings (SSSR count). The Morgan fingerprint density at radius 1 is 1.33 bits per heavy atom. The molecule has 92 valence electrons. The number of hydrogen-bond acceptors (Lipinski definition) is 3. The lowest BCUT2D eigenvalue weighted by Gasteiger charge is -2.06. The Balaban J connectivity index is 2.22. The highest BCUT2D eigenvalue weighted by Crippen LogP contribution is 2.28. The number of hydrogen-bond donors (Lipinski definition) is 2. The van der Waals surface area contributed by atoms with Crippen LogP contribution in [-0.2, 0) is 0 Å². The van der Waals surface area contributed by atoms with E-state index in [0.29, 0.717) is 5.02 Å². The number of nitrogens with zero attached hydrogens (tertiary/aromatic N) is 1. The second-order valence-electron chi connectivity index (χ2n) is 3.81. The zero-order chi connectivity index (χ0) is 13.1. The van der Waals surface area contributed by atoms with E-state index in [0.717, 1.165) is 21.0 Å². The van der Waals surface area contributed by atoms with Gasteiger partial charge >= 0.3 is 0 Å². The lowest BCUT2D eigenvalue weighted by atomic mass is 10.1. The van der Waals surface area contributed by atoms with Crippen LogP contribution in [0.15, 0.2) is 46.5 Å². The molecule has 0 unspecified atom stereocenters. The summed E-state index contributed by atoms with van der Waals surface area (Å²) in [6, 6.07) is 9.48. The molecule has 1 aromatic heterocycles. The average Bonchev–Trinajstić information content (AvgIpc) is 2.32. The van der Waals surface area contributed by atoms with Crippen LogP contribution in [0.25, 0.3) is 0 Å². The van der Waals surface area contributed by atoms with E-state index < -0.39 is 0 Å². The lowest BCUT2D eigenvalue weighted by Crippen LogP contribution is -2.12. The molecular formula is C13H12ClN3S. The maximum absolute atomic E-state index is 7.44. The van der Waals surface area contributed by atoms with E-state index in [1.54, 1.807) is 18.0 Å². The van der Waals surface area contributed by atoms with Gasteiger partial charge < -0.3 is 5.73 Å². The fraction of sp³-hybridized carbons (Fsp3) is 0.0769. The minimum atomic E-state index is 0.0914. The summed E-state index contributed by atoms with van der Waals surface area (Å²) in [7, 11) is 0. The minimum absolute atomic E-state index is 0.0914. The van der Waals surface area contributed by atoms with Gasteiger partial charge in [-0.3, -0.25) is 5.41 Å². The fourth-order valence-electron chi connectivity index (χ4n) is 1.55. The molecule has 0 atom stereocenters. The quantitative estimate of drug-likeness (QED) is 0.667. The number of aromatic nitrogens is 1. The number of nitrogen functional groups attached to an aromatic ring is 1. The molecule has 5 heteroatoms. The number of nitrogens with one attached hydrogen (secondary N) is 1. The predicted octanol–water partition coefficient (Wildman–Crippen LogP) is 3.48. The second kappa shape index (κ2) is 5.42. The van der Waals surface area contributed by atoms with Crippen LogP contribution in [0, 0.1) is 12.3 Å². The first-order valence-corrected chi connectivity index (χ1v) is 6.50. The van der Waals surface area contributed by atoms with E-state index in [1.165, 1.54) is 0 Å². The van der Waals surface area contributed by atoms with E-state index >= 15 is 0 Å². The highest BCUT2D eigenvalue weighted by Gasteiger charge is 2.04. The Kier molecular flexibility index (Phi) is 3.89. The molecule has 0 bridgehead atoms. The third kappa shape index (κ3) is 3.03. The Morgan fingerprint density at radius 3 is 2.67 bits per heavy atom. The standard InChI is InChI=1S/C13H12ClN3S/c1-8-6-10(3-4-11(8)13(15)16)18-12-5-2-9(14)7-17-12/h2-7H,1H3,(H3,15,16). The molecule has 0 aliphatic heterocycles. The molecule has 0 saturated heterocycles. The van der Waals surface area contributed by atoms with Gasteiger partial charge in [-0.2, -0.15) is 0 Å². The van der Waals surface area contributed by atoms with E-state index in [4.69, 9.17) is 22.7 Å². The molecule has 3 nitrogen and oxygen atoms in total. The van der Waals surface area contributed by atoms with Crippen LogP contribution in [0.2, 0.25) is 5.02 Å². The average molecular weight is 278 g/mol. The smallest absolute Gasteiger partial charge is 0.123 e. The molecule has 0 aliphatic carbocycles. The molecule has 0 spiro atoms. The number of amidine groups is 1. The van der Waals surface area contributed by atoms with Crippen molar-refractivity contribution in [1.82, 2.24) is 4.98 Å². The topological polar surface area (TPSA) is 62.8 Å². The third-order valence-corrected chi connectivity index (χ3v) is 3.57. The van der Waals surface area contributed by atoms with Crippen molar-refractivity contribution >= 4 is 29.2 Å². The maximum Gasteiger partial charge on any atom is 0.123 e. The van der Waals surface area contributed by atoms with Gasteiger partial charge in [0.05, 0.1) is 5.02 Å². The molecule has 1 heterocycles. The van der Waals surface area contributed by atoms with Gasteiger partial charge in [0.15, 0.2) is 0 Å². The van der Waals surface area contributed by atoms with E-state index in [9.17, 15) is 0 Å². The van der Waals surface area contributed by atoms with E-state index in [1.807, 2.05) is 37.3 Å². The normalized spacial score (nSPS) is 10.3. The van der Waals surface area contributed by atoms with Crippen LogP contribution in [0.4, 0.5) is 0 Å². The van der Waals surface area contributed by atoms with Crippen LogP contribution in [0.1, 0.15) is 11.1 Å². The van der Waals surface area contributed by atoms with E-state index in [-0.39, 0.29) is 5.84 Å². The third-order valence-electron chi connectivity index (χ3n) is 2.41. The number of aryl methyl sites for hydroxylation is 1. The Hall–Kier alpha value is -1.52. The summed E-state index contributed by atoms with van der Waals surface area (Å²) in [6.07, 6.45) is 1.63. The molecule has 2 aromatic rings. The van der Waals surface area contributed by atoms with Gasteiger partial charge in [-0.05, 0) is 42.8 Å². The van der Waals surface area contributed by atoms with Crippen molar-refractivity contribution in [3.63, 3.8) is 0 Å². The number of rotatable bonds is 3. The number of pyridine rings is 1. The van der Waals surface area contributed by atoms with Crippen molar-refractivity contribution in [1.29, 1.82) is 5.41 Å². The van der Waals surface area contributed by atoms with Crippen LogP contribution >= 0.6 is 23.4 Å². The first-order chi connectivity index (χ1) is 8.56. The largest absolute Gasteiger partial charge is 0.384 e. The van der Waals surface area contributed by atoms with Crippen LogP contribution < -0.4 is 5.73 Å². The van der Waals surface area contributed by atoms with Gasteiger partial charge in [0.2, 0.25) is 0 Å². The molecule has 1 aromatic carbocycles. The molecule has 18 heavy (non-hydrogen) atoms. The van der Waals surface area contributed by atoms with Crippen molar-refractivity contribution < 1.29 is 0 Å². The number of nitrogens with two attached hydrogens (primary N) is 1. The summed E-state index contributed by atoms with van der Waals surface area (Å²) in [5.41, 5.74) is 7.24. The summed E-state index contributed by atoms with van der Waals surface area (Å²) in [5, 5.41) is 8.95. The van der Waals surface area contributed by atoms with Crippen molar-refractivity contribution in [2.24, 2.45) is 5.73 Å². The Labute approximate surface area is 115 Å². The summed E-state index contributed by atoms with van der Waals surface area (Å²) < 4.78 is 0. The van der Waals surface area contributed by atoms with E-state index in [2.05, 4.69) is 4.98 Å². The van der Waals surface area contributed by atoms with Gasteiger partial charge in [0, 0.05) is 16.7 Å². The highest BCUT2D eigenvalue weighted by molar-refractivity contribution is 7.99. The van der Waals surface area contributed by atoms with Crippen molar-refractivity contribution in [3.05, 3.63) is 52.7 Å². The minimum Gasteiger partial charge on any atom is -0.384 e. The highest BCUT2D eigenvalue weighted by atomic mass is 35.5. The van der Waals surface area contributed by atoms with Gasteiger partial charge in [-0.25, -0.2) is 4.98 Å². The van der Waals surface area contributed by atoms with Gasteiger partial charge in [-0.1, -0.05) is 23.4 Å². The SMILES string of the molecule is Cc1cc(Sc2ccc(Cl)cn2)ccc1C(=N)N. The second-order valence-corrected chi connectivity index (χ2v) is 5.34. The monoisotopic (exact) mass is 277 g/mol. The van der Waals surface area contributed by atoms with Crippen LogP contribution in [-0.4, -0.2) is 10.8 Å². The van der Waals surface area contributed by atoms with Crippen LogP contribution in [0.3, 0.4) is 0 Å². The fourth-order valence-corrected chi connectivity index (χ4v) is 2.51. The number of halogens is 1. The zero-order valence-corrected chi connectivity index (χ0v) is 11.3.